The summed E-state index contributed by atoms with van der Waals surface area (Å²) >= 11 is 0. The Morgan fingerprint density at radius 3 is 2.88 bits per heavy atom. The molecule has 0 radical (unpaired) electrons. The van der Waals surface area contributed by atoms with Crippen LogP contribution in [0.15, 0.2) is 6.33 Å². The Kier molecular flexibility index (Phi) is 0.897. The van der Waals surface area contributed by atoms with Crippen molar-refractivity contribution in [2.75, 3.05) is 5.73 Å². The summed E-state index contributed by atoms with van der Waals surface area (Å²) in [7, 11) is 0. The fraction of sp³-hybridized carbons (Fsp3) is 0. The molecule has 0 amide bonds. The largest absolute Gasteiger partial charge is 0.381 e. The van der Waals surface area contributed by atoms with E-state index in [1.54, 1.807) is 0 Å². The van der Waals surface area contributed by atoms with E-state index in [1.807, 2.05) is 6.07 Å². The van der Waals surface area contributed by atoms with Gasteiger partial charge in [0.05, 0.1) is 6.33 Å². The Morgan fingerprint density at radius 1 is 1.88 bits per heavy atom. The van der Waals surface area contributed by atoms with Gasteiger partial charge in [0.1, 0.15) is 6.07 Å². The Hall–Kier alpha value is -1.50. The van der Waals surface area contributed by atoms with Gasteiger partial charge in [-0.2, -0.15) is 5.26 Å². The number of aromatic nitrogens is 2. The van der Waals surface area contributed by atoms with E-state index in [-0.39, 0.29) is 5.82 Å². The fourth-order valence-electron chi connectivity index (χ4n) is 0.394. The molecule has 4 heteroatoms. The second-order valence-corrected chi connectivity index (χ2v) is 1.27. The highest BCUT2D eigenvalue weighted by atomic mass is 15.2. The monoisotopic (exact) mass is 110 g/mol. The van der Waals surface area contributed by atoms with Crippen LogP contribution in [-0.4, -0.2) is 9.97 Å². The van der Waals surface area contributed by atoms with E-state index in [2.05, 4.69) is 9.97 Å². The summed E-state index contributed by atoms with van der Waals surface area (Å²) in [5, 5.41) is 8.21. The molecule has 0 unspecified atom stereocenters. The molecule has 1 heterocycles. The molecule has 0 aliphatic heterocycles. The lowest BCUT2D eigenvalue weighted by Gasteiger charge is -1.76. The van der Waals surface area contributed by atoms with Crippen LogP contribution in [0, 0.1) is 11.3 Å². The van der Waals surface area contributed by atoms with Gasteiger partial charge in [-0.15, -0.1) is 0 Å². The molecule has 0 spiro atoms. The fourth-order valence-corrected chi connectivity index (χ4v) is 0.394. The minimum Gasteiger partial charge on any atom is -0.381 e. The molecule has 0 aliphatic rings. The Labute approximate surface area is 46.0 Å². The van der Waals surface area contributed by atoms with E-state index < -0.39 is 0 Å². The molecule has 0 bridgehead atoms. The zero-order valence-electron chi connectivity index (χ0n) is 4.05. The summed E-state index contributed by atoms with van der Waals surface area (Å²) in [4.78, 5) is 6.15. The lowest BCUT2D eigenvalue weighted by molar-refractivity contribution is 1.29. The third-order valence-electron chi connectivity index (χ3n) is 0.780. The van der Waals surface area contributed by atoms with Gasteiger partial charge in [0, 0.05) is 0 Å². The molecular weight excluding hydrogens is 106 g/mol. The van der Waals surface area contributed by atoms with Gasteiger partial charge in [0.25, 0.3) is 0 Å². The van der Waals surface area contributed by atoms with Gasteiger partial charge in [-0.05, 0) is 0 Å². The molecule has 1 aromatic rings. The molecule has 4 nitrogen and oxygen atoms in total. The molecule has 0 fully saturated rings. The summed E-state index contributed by atoms with van der Waals surface area (Å²) in [6.07, 6.45) is 1.38. The van der Waals surface area contributed by atoms with Crippen LogP contribution in [-0.2, 0) is 0 Å². The van der Waals surface area contributed by atoms with Gasteiger partial charge in [-0.25, -0.2) is 4.98 Å². The molecular formula is C4H4N4. The van der Waals surface area contributed by atoms with Crippen LogP contribution in [0.5, 0.6) is 0 Å². The maximum absolute atomic E-state index is 8.21. The van der Waals surface area contributed by atoms with Crippen molar-refractivity contribution in [3.63, 3.8) is 0 Å². The maximum atomic E-state index is 8.21. The molecule has 40 valence electrons. The third-order valence-corrected chi connectivity index (χ3v) is 0.780. The lowest BCUT2D eigenvalue weighted by atomic mass is 10.6. The van der Waals surface area contributed by atoms with E-state index in [9.17, 15) is 0 Å². The number of hydrogen-bond donors (Lipinski definition) is 2. The molecule has 1 aromatic heterocycles. The van der Waals surface area contributed by atoms with Crippen LogP contribution in [0.3, 0.4) is 0 Å². The number of nitrogens with zero attached hydrogens (tertiary/aromatic N) is 2. The molecule has 0 saturated heterocycles. The normalized spacial score (nSPS) is 8.38. The molecule has 0 atom stereocenters. The molecule has 0 saturated carbocycles. The van der Waals surface area contributed by atoms with Crippen molar-refractivity contribution in [3.8, 4) is 6.07 Å². The number of nitrogens with one attached hydrogen (secondary N) is 1. The summed E-state index contributed by atoms with van der Waals surface area (Å²) < 4.78 is 0. The summed E-state index contributed by atoms with van der Waals surface area (Å²) in [5.74, 6) is 0.257. The molecule has 0 aliphatic carbocycles. The topological polar surface area (TPSA) is 78.5 Å². The van der Waals surface area contributed by atoms with Crippen molar-refractivity contribution >= 4 is 5.82 Å². The van der Waals surface area contributed by atoms with Crippen LogP contribution < -0.4 is 5.73 Å². The number of imidazole rings is 1. The van der Waals surface area contributed by atoms with Gasteiger partial charge in [0.15, 0.2) is 11.5 Å². The van der Waals surface area contributed by atoms with E-state index in [4.69, 9.17) is 11.0 Å². The minimum atomic E-state index is 0.257. The predicted molar refractivity (Wildman–Crippen MR) is 27.7 cm³/mol. The smallest absolute Gasteiger partial charge is 0.161 e. The zero-order valence-corrected chi connectivity index (χ0v) is 4.05. The number of rotatable bonds is 0. The van der Waals surface area contributed by atoms with E-state index in [1.165, 1.54) is 6.33 Å². The van der Waals surface area contributed by atoms with Crippen molar-refractivity contribution in [3.05, 3.63) is 12.0 Å². The van der Waals surface area contributed by atoms with Gasteiger partial charge in [-0.1, -0.05) is 0 Å². The highest BCUT2D eigenvalue weighted by molar-refractivity contribution is 5.42. The average Bonchev–Trinajstić information content (AvgIpc) is 2.14. The standard InChI is InChI=1S/C4H4N4/c5-1-3-4(6)8-2-7-3/h2H,6H2,(H,7,8)/i1+1,5+1. The van der Waals surface area contributed by atoms with Crippen LogP contribution in [0.1, 0.15) is 5.69 Å². The predicted octanol–water partition coefficient (Wildman–Crippen LogP) is -0.136. The Balaban J connectivity index is 3.15. The lowest BCUT2D eigenvalue weighted by Crippen LogP contribution is -1.86. The van der Waals surface area contributed by atoms with Crippen LogP contribution >= 0.6 is 0 Å². The van der Waals surface area contributed by atoms with Crippen molar-refractivity contribution < 1.29 is 0 Å². The van der Waals surface area contributed by atoms with Gasteiger partial charge < -0.3 is 10.7 Å². The highest BCUT2D eigenvalue weighted by Gasteiger charge is 1.95. The quantitative estimate of drug-likeness (QED) is 0.360. The third kappa shape index (κ3) is 0.500. The zero-order chi connectivity index (χ0) is 5.98. The first-order valence-corrected chi connectivity index (χ1v) is 2.03. The number of anilines is 1. The molecule has 1 rings (SSSR count). The second kappa shape index (κ2) is 1.54. The second-order valence-electron chi connectivity index (χ2n) is 1.27. The van der Waals surface area contributed by atoms with E-state index >= 15 is 0 Å². The van der Waals surface area contributed by atoms with Crippen molar-refractivity contribution in [2.45, 2.75) is 0 Å². The molecule has 8 heavy (non-hydrogen) atoms. The number of nitrogen functional groups attached to an aromatic ring is 1. The minimum absolute atomic E-state index is 0.257. The molecule has 0 aromatic carbocycles. The van der Waals surface area contributed by atoms with Crippen LogP contribution in [0.25, 0.3) is 0 Å². The number of H-pyrrole nitrogens is 1. The number of nitrogens with two attached hydrogens (primary N) is 1. The first-order chi connectivity index (χ1) is 3.84. The van der Waals surface area contributed by atoms with Gasteiger partial charge in [-0.3, -0.25) is 0 Å². The number of hydrogen-bond acceptors (Lipinski definition) is 3. The number of aromatic amines is 1. The summed E-state index contributed by atoms with van der Waals surface area (Å²) in [5.41, 5.74) is 5.51. The highest BCUT2D eigenvalue weighted by Crippen LogP contribution is 1.99. The van der Waals surface area contributed by atoms with Crippen molar-refractivity contribution in [1.82, 2.24) is 9.97 Å². The van der Waals surface area contributed by atoms with E-state index in [0.717, 1.165) is 0 Å². The average molecular weight is 110 g/mol. The molecule has 3 N–H and O–H groups in total. The Morgan fingerprint density at radius 2 is 2.62 bits per heavy atom. The van der Waals surface area contributed by atoms with Crippen molar-refractivity contribution in [1.29, 1.82) is 5.26 Å². The summed E-state index contributed by atoms with van der Waals surface area (Å²) in [6.45, 7) is 0. The maximum Gasteiger partial charge on any atom is 0.161 e. The first-order valence-electron chi connectivity index (χ1n) is 2.03. The van der Waals surface area contributed by atoms with Crippen LogP contribution in [0.2, 0.25) is 0 Å². The summed E-state index contributed by atoms with van der Waals surface area (Å²) in [6, 6.07) is 1.83. The Bertz CT molecular complexity index is 218. The number of nitriles is 1. The van der Waals surface area contributed by atoms with E-state index in [0.29, 0.717) is 5.69 Å². The van der Waals surface area contributed by atoms with Gasteiger partial charge >= 0.3 is 0 Å². The van der Waals surface area contributed by atoms with Crippen LogP contribution in [0.4, 0.5) is 5.82 Å². The van der Waals surface area contributed by atoms with Crippen molar-refractivity contribution in [2.24, 2.45) is 0 Å². The first kappa shape index (κ1) is 4.65. The van der Waals surface area contributed by atoms with Gasteiger partial charge in [0.2, 0.25) is 0 Å². The SMILES string of the molecule is Nc1nc[nH]c1[13C]#[15N].